The van der Waals surface area contributed by atoms with Crippen LogP contribution >= 0.6 is 23.2 Å². The van der Waals surface area contributed by atoms with Crippen molar-refractivity contribution in [2.45, 2.75) is 13.0 Å². The summed E-state index contributed by atoms with van der Waals surface area (Å²) in [6.07, 6.45) is 0.526. The highest BCUT2D eigenvalue weighted by Crippen LogP contribution is 2.17. The number of aromatic nitrogens is 2. The first-order valence-corrected chi connectivity index (χ1v) is 6.16. The Morgan fingerprint density at radius 2 is 2.17 bits per heavy atom. The SMILES string of the molecule is Fc1ccc(CNc2nnc(CCCl)o2)cc1Cl. The van der Waals surface area contributed by atoms with Crippen molar-refractivity contribution in [3.63, 3.8) is 0 Å². The van der Waals surface area contributed by atoms with Crippen LogP contribution < -0.4 is 5.32 Å². The fourth-order valence-electron chi connectivity index (χ4n) is 1.33. The molecule has 1 heterocycles. The van der Waals surface area contributed by atoms with Gasteiger partial charge in [-0.25, -0.2) is 4.39 Å². The van der Waals surface area contributed by atoms with E-state index in [-0.39, 0.29) is 5.02 Å². The number of hydrogen-bond donors (Lipinski definition) is 1. The molecule has 0 amide bonds. The van der Waals surface area contributed by atoms with Gasteiger partial charge in [0.25, 0.3) is 0 Å². The van der Waals surface area contributed by atoms with Gasteiger partial charge in [-0.3, -0.25) is 0 Å². The molecule has 0 radical (unpaired) electrons. The maximum atomic E-state index is 12.9. The molecule has 1 N–H and O–H groups in total. The van der Waals surface area contributed by atoms with Crippen molar-refractivity contribution in [1.29, 1.82) is 0 Å². The molecule has 2 rings (SSSR count). The van der Waals surface area contributed by atoms with Gasteiger partial charge in [0.15, 0.2) is 0 Å². The van der Waals surface area contributed by atoms with Crippen LogP contribution in [0, 0.1) is 5.82 Å². The lowest BCUT2D eigenvalue weighted by Crippen LogP contribution is -1.99. The van der Waals surface area contributed by atoms with Crippen molar-refractivity contribution in [1.82, 2.24) is 10.2 Å². The summed E-state index contributed by atoms with van der Waals surface area (Å²) in [6.45, 7) is 0.419. The molecule has 0 fully saturated rings. The molecule has 0 saturated carbocycles. The van der Waals surface area contributed by atoms with E-state index in [1.807, 2.05) is 0 Å². The van der Waals surface area contributed by atoms with Gasteiger partial charge in [-0.05, 0) is 17.7 Å². The molecule has 1 aromatic heterocycles. The number of anilines is 1. The lowest BCUT2D eigenvalue weighted by molar-refractivity contribution is 0.512. The highest BCUT2D eigenvalue weighted by Gasteiger charge is 2.06. The Labute approximate surface area is 113 Å². The molecule has 7 heteroatoms. The Balaban J connectivity index is 1.95. The standard InChI is InChI=1S/C11H10Cl2FN3O/c12-4-3-10-16-17-11(18-10)15-6-7-1-2-9(14)8(13)5-7/h1-2,5H,3-4,6H2,(H,15,17). The minimum Gasteiger partial charge on any atom is -0.408 e. The van der Waals surface area contributed by atoms with Gasteiger partial charge in [0.2, 0.25) is 5.89 Å². The highest BCUT2D eigenvalue weighted by atomic mass is 35.5. The summed E-state index contributed by atoms with van der Waals surface area (Å²) in [5.41, 5.74) is 0.818. The number of rotatable bonds is 5. The van der Waals surface area contributed by atoms with Crippen molar-refractivity contribution >= 4 is 29.2 Å². The number of benzene rings is 1. The molecule has 0 spiro atoms. The van der Waals surface area contributed by atoms with Crippen LogP contribution in [0.2, 0.25) is 5.02 Å². The normalized spacial score (nSPS) is 10.6. The number of aryl methyl sites for hydroxylation is 1. The number of nitrogens with zero attached hydrogens (tertiary/aromatic N) is 2. The average molecular weight is 290 g/mol. The third-order valence-corrected chi connectivity index (χ3v) is 2.68. The first-order valence-electron chi connectivity index (χ1n) is 5.25. The van der Waals surface area contributed by atoms with Crippen LogP contribution in [-0.2, 0) is 13.0 Å². The maximum Gasteiger partial charge on any atom is 0.315 e. The van der Waals surface area contributed by atoms with Crippen LogP contribution in [0.4, 0.5) is 10.4 Å². The molecule has 0 aliphatic heterocycles. The first-order chi connectivity index (χ1) is 8.69. The third kappa shape index (κ3) is 3.34. The summed E-state index contributed by atoms with van der Waals surface area (Å²) < 4.78 is 18.2. The van der Waals surface area contributed by atoms with E-state index < -0.39 is 5.82 Å². The Morgan fingerprint density at radius 1 is 1.33 bits per heavy atom. The molecular formula is C11H10Cl2FN3O. The second-order valence-electron chi connectivity index (χ2n) is 3.54. The molecule has 96 valence electrons. The van der Waals surface area contributed by atoms with E-state index in [2.05, 4.69) is 15.5 Å². The molecule has 2 aromatic rings. The fourth-order valence-corrected chi connectivity index (χ4v) is 1.70. The Kier molecular flexibility index (Phi) is 4.38. The van der Waals surface area contributed by atoms with Crippen molar-refractivity contribution in [3.05, 3.63) is 40.5 Å². The smallest absolute Gasteiger partial charge is 0.315 e. The molecule has 4 nitrogen and oxygen atoms in total. The molecular weight excluding hydrogens is 280 g/mol. The Bertz CT molecular complexity index is 533. The zero-order valence-corrected chi connectivity index (χ0v) is 10.8. The van der Waals surface area contributed by atoms with Gasteiger partial charge >= 0.3 is 6.01 Å². The molecule has 0 bridgehead atoms. The van der Waals surface area contributed by atoms with E-state index in [9.17, 15) is 4.39 Å². The van der Waals surface area contributed by atoms with E-state index in [0.29, 0.717) is 30.8 Å². The summed E-state index contributed by atoms with van der Waals surface area (Å²) in [4.78, 5) is 0. The lowest BCUT2D eigenvalue weighted by Gasteiger charge is -2.02. The van der Waals surface area contributed by atoms with Gasteiger partial charge in [0.05, 0.1) is 5.02 Å². The van der Waals surface area contributed by atoms with Crippen molar-refractivity contribution < 1.29 is 8.81 Å². The third-order valence-electron chi connectivity index (χ3n) is 2.20. The van der Waals surface area contributed by atoms with Crippen LogP contribution in [0.1, 0.15) is 11.5 Å². The minimum atomic E-state index is -0.442. The van der Waals surface area contributed by atoms with Crippen molar-refractivity contribution in [2.24, 2.45) is 0 Å². The number of alkyl halides is 1. The number of hydrogen-bond acceptors (Lipinski definition) is 4. The summed E-state index contributed by atoms with van der Waals surface area (Å²) in [5, 5.41) is 10.6. The van der Waals surface area contributed by atoms with Crippen LogP contribution in [0.3, 0.4) is 0 Å². The lowest BCUT2D eigenvalue weighted by atomic mass is 10.2. The zero-order valence-electron chi connectivity index (χ0n) is 9.29. The monoisotopic (exact) mass is 289 g/mol. The van der Waals surface area contributed by atoms with E-state index in [1.165, 1.54) is 6.07 Å². The molecule has 0 atom stereocenters. The molecule has 1 aromatic carbocycles. The van der Waals surface area contributed by atoms with Gasteiger partial charge in [0, 0.05) is 18.8 Å². The van der Waals surface area contributed by atoms with Crippen LogP contribution in [-0.4, -0.2) is 16.1 Å². The topological polar surface area (TPSA) is 51.0 Å². The Morgan fingerprint density at radius 3 is 2.89 bits per heavy atom. The second kappa shape index (κ2) is 6.02. The van der Waals surface area contributed by atoms with Crippen LogP contribution in [0.25, 0.3) is 0 Å². The molecule has 18 heavy (non-hydrogen) atoms. The summed E-state index contributed by atoms with van der Waals surface area (Å²) in [6, 6.07) is 4.78. The van der Waals surface area contributed by atoms with E-state index in [1.54, 1.807) is 12.1 Å². The van der Waals surface area contributed by atoms with Crippen molar-refractivity contribution in [2.75, 3.05) is 11.2 Å². The van der Waals surface area contributed by atoms with Gasteiger partial charge in [-0.15, -0.1) is 16.7 Å². The highest BCUT2D eigenvalue weighted by molar-refractivity contribution is 6.30. The van der Waals surface area contributed by atoms with Crippen LogP contribution in [0.15, 0.2) is 22.6 Å². The van der Waals surface area contributed by atoms with Gasteiger partial charge in [0.1, 0.15) is 5.82 Å². The van der Waals surface area contributed by atoms with E-state index >= 15 is 0 Å². The van der Waals surface area contributed by atoms with Gasteiger partial charge < -0.3 is 9.73 Å². The number of halogens is 3. The molecule has 0 unspecified atom stereocenters. The van der Waals surface area contributed by atoms with E-state index in [4.69, 9.17) is 27.6 Å². The predicted octanol–water partition coefficient (Wildman–Crippen LogP) is 3.26. The molecule has 0 aliphatic carbocycles. The van der Waals surface area contributed by atoms with Gasteiger partial charge in [-0.2, -0.15) is 0 Å². The van der Waals surface area contributed by atoms with E-state index in [0.717, 1.165) is 5.56 Å². The fraction of sp³-hybridized carbons (Fsp3) is 0.273. The van der Waals surface area contributed by atoms with Crippen LogP contribution in [0.5, 0.6) is 0 Å². The predicted molar refractivity (Wildman–Crippen MR) is 67.5 cm³/mol. The van der Waals surface area contributed by atoms with Crippen molar-refractivity contribution in [3.8, 4) is 0 Å². The Hall–Kier alpha value is -1.33. The number of nitrogens with one attached hydrogen (secondary N) is 1. The molecule has 0 aliphatic rings. The van der Waals surface area contributed by atoms with Gasteiger partial charge in [-0.1, -0.05) is 22.8 Å². The largest absolute Gasteiger partial charge is 0.408 e. The summed E-state index contributed by atoms with van der Waals surface area (Å²) >= 11 is 11.2. The first kappa shape index (κ1) is 13.1. The summed E-state index contributed by atoms with van der Waals surface area (Å²) in [7, 11) is 0. The summed E-state index contributed by atoms with van der Waals surface area (Å²) in [5.74, 6) is 0.460. The minimum absolute atomic E-state index is 0.0858. The second-order valence-corrected chi connectivity index (χ2v) is 4.33. The average Bonchev–Trinajstić information content (AvgIpc) is 2.79. The quantitative estimate of drug-likeness (QED) is 0.859. The molecule has 0 saturated heterocycles. The zero-order chi connectivity index (χ0) is 13.0. The maximum absolute atomic E-state index is 12.9.